The first-order valence-electron chi connectivity index (χ1n) is 8.29. The minimum Gasteiger partial charge on any atom is -0.433 e. The molecule has 7 nitrogen and oxygen atoms in total. The van der Waals surface area contributed by atoms with E-state index in [0.29, 0.717) is 18.5 Å². The van der Waals surface area contributed by atoms with Gasteiger partial charge >= 0.3 is 0 Å². The summed E-state index contributed by atoms with van der Waals surface area (Å²) in [5.74, 6) is 0.0822. The average Bonchev–Trinajstić information content (AvgIpc) is 2.68. The first-order valence-corrected chi connectivity index (χ1v) is 8.29. The third kappa shape index (κ3) is 6.24. The van der Waals surface area contributed by atoms with Crippen molar-refractivity contribution >= 4 is 36.0 Å². The maximum Gasteiger partial charge on any atom is 0.189 e. The van der Waals surface area contributed by atoms with Gasteiger partial charge < -0.3 is 21.2 Å². The van der Waals surface area contributed by atoms with Crippen LogP contribution in [0.25, 0.3) is 11.8 Å². The number of nitrogens with two attached hydrogens (primary N) is 1. The van der Waals surface area contributed by atoms with Crippen molar-refractivity contribution in [1.29, 1.82) is 16.2 Å². The van der Waals surface area contributed by atoms with Crippen LogP contribution in [0.1, 0.15) is 23.1 Å². The second-order valence-corrected chi connectivity index (χ2v) is 5.59. The number of hydrogen-bond donors (Lipinski definition) is 5. The van der Waals surface area contributed by atoms with Gasteiger partial charge in [-0.2, -0.15) is 0 Å². The lowest BCUT2D eigenvalue weighted by Gasteiger charge is -2.06. The lowest BCUT2D eigenvalue weighted by Crippen LogP contribution is -2.02. The van der Waals surface area contributed by atoms with E-state index in [-0.39, 0.29) is 5.90 Å². The van der Waals surface area contributed by atoms with Crippen LogP contribution in [0.2, 0.25) is 0 Å². The van der Waals surface area contributed by atoms with Crippen LogP contribution in [0.5, 0.6) is 0 Å². The highest BCUT2D eigenvalue weighted by Gasteiger charge is 2.02. The molecule has 0 radical (unpaired) electrons. The van der Waals surface area contributed by atoms with E-state index in [1.165, 1.54) is 6.08 Å². The Morgan fingerprint density at radius 1 is 1.19 bits per heavy atom. The Morgan fingerprint density at radius 3 is 2.67 bits per heavy atom. The summed E-state index contributed by atoms with van der Waals surface area (Å²) in [5.41, 5.74) is 10.1. The molecule has 0 amide bonds. The summed E-state index contributed by atoms with van der Waals surface area (Å²) in [6.45, 7) is 0. The second-order valence-electron chi connectivity index (χ2n) is 5.59. The number of nitrogens with one attached hydrogen (secondary N) is 4. The fraction of sp³-hybridized carbons (Fsp3) is 0.100. The van der Waals surface area contributed by atoms with Crippen LogP contribution in [-0.2, 0) is 11.2 Å². The summed E-state index contributed by atoms with van der Waals surface area (Å²) in [6.07, 6.45) is 11.6. The van der Waals surface area contributed by atoms with E-state index in [1.54, 1.807) is 18.6 Å². The van der Waals surface area contributed by atoms with Crippen LogP contribution in [0.3, 0.4) is 0 Å². The summed E-state index contributed by atoms with van der Waals surface area (Å²) < 4.78 is 4.70. The minimum atomic E-state index is 0.0822. The van der Waals surface area contributed by atoms with E-state index in [0.717, 1.165) is 35.0 Å². The van der Waals surface area contributed by atoms with Crippen molar-refractivity contribution in [3.05, 3.63) is 71.7 Å². The van der Waals surface area contributed by atoms with E-state index in [2.05, 4.69) is 10.3 Å². The predicted molar refractivity (Wildman–Crippen MR) is 110 cm³/mol. The summed E-state index contributed by atoms with van der Waals surface area (Å²) in [6, 6.07) is 9.67. The van der Waals surface area contributed by atoms with Gasteiger partial charge in [0.1, 0.15) is 0 Å². The van der Waals surface area contributed by atoms with Gasteiger partial charge in [-0.05, 0) is 42.3 Å². The highest BCUT2D eigenvalue weighted by Crippen LogP contribution is 2.16. The molecule has 0 aliphatic heterocycles. The molecule has 0 aliphatic rings. The van der Waals surface area contributed by atoms with Crippen molar-refractivity contribution < 1.29 is 4.74 Å². The molecule has 0 bridgehead atoms. The molecule has 138 valence electrons. The second kappa shape index (κ2) is 10.3. The van der Waals surface area contributed by atoms with E-state index >= 15 is 0 Å². The van der Waals surface area contributed by atoms with Crippen molar-refractivity contribution in [2.75, 3.05) is 5.32 Å². The normalized spacial score (nSPS) is 11.2. The fourth-order valence-electron chi connectivity index (χ4n) is 2.37. The molecule has 0 saturated carbocycles. The molecule has 2 rings (SSSR count). The van der Waals surface area contributed by atoms with E-state index in [9.17, 15) is 0 Å². The Labute approximate surface area is 158 Å². The Bertz CT molecular complexity index is 855. The van der Waals surface area contributed by atoms with Gasteiger partial charge in [-0.25, -0.2) is 0 Å². The molecule has 1 aromatic heterocycles. The first kappa shape index (κ1) is 19.6. The van der Waals surface area contributed by atoms with Gasteiger partial charge in [0.2, 0.25) is 0 Å². The van der Waals surface area contributed by atoms with Crippen LogP contribution in [0, 0.1) is 16.2 Å². The lowest BCUT2D eigenvalue weighted by atomic mass is 10.1. The van der Waals surface area contributed by atoms with Crippen LogP contribution in [0.4, 0.5) is 5.69 Å². The standard InChI is InChI=1S/C20H22N6O/c21-10-7-19(23)18-9-11-25-13-16(18)8-12-26-17-4-1-15(2-5-17)3-6-20(24)27-14-22/h1-2,4-5,7-14,21-22,24,26H,3,6,23H2/b12-8+,19-7?,21-10?,22-14?,24-20?. The smallest absolute Gasteiger partial charge is 0.189 e. The maximum absolute atomic E-state index is 7.50. The summed E-state index contributed by atoms with van der Waals surface area (Å²) in [7, 11) is 0. The number of pyridine rings is 1. The molecule has 0 aliphatic carbocycles. The zero-order valence-corrected chi connectivity index (χ0v) is 14.8. The summed E-state index contributed by atoms with van der Waals surface area (Å²) in [5, 5.41) is 24.6. The number of hydrogen-bond acceptors (Lipinski definition) is 7. The minimum absolute atomic E-state index is 0.0822. The molecular formula is C20H22N6O. The van der Waals surface area contributed by atoms with Crippen LogP contribution >= 0.6 is 0 Å². The number of nitrogens with zero attached hydrogens (tertiary/aromatic N) is 1. The van der Waals surface area contributed by atoms with E-state index in [1.807, 2.05) is 36.4 Å². The number of anilines is 1. The molecule has 7 heteroatoms. The number of aryl methyl sites for hydroxylation is 1. The van der Waals surface area contributed by atoms with E-state index in [4.69, 9.17) is 26.7 Å². The number of rotatable bonds is 9. The molecule has 0 spiro atoms. The number of allylic oxidation sites excluding steroid dienone is 1. The van der Waals surface area contributed by atoms with Gasteiger partial charge in [0.15, 0.2) is 12.3 Å². The molecule has 0 atom stereocenters. The zero-order valence-electron chi connectivity index (χ0n) is 14.8. The maximum atomic E-state index is 7.50. The summed E-state index contributed by atoms with van der Waals surface area (Å²) in [4.78, 5) is 4.11. The Balaban J connectivity index is 1.97. The molecule has 27 heavy (non-hydrogen) atoms. The molecule has 0 saturated heterocycles. The Hall–Kier alpha value is -3.74. The zero-order chi connectivity index (χ0) is 19.5. The van der Waals surface area contributed by atoms with Crippen LogP contribution in [-0.4, -0.2) is 23.5 Å². The number of ether oxygens (including phenoxy) is 1. The van der Waals surface area contributed by atoms with Gasteiger partial charge in [-0.3, -0.25) is 15.8 Å². The molecular weight excluding hydrogens is 340 g/mol. The topological polar surface area (TPSA) is 132 Å². The molecule has 6 N–H and O–H groups in total. The van der Waals surface area contributed by atoms with Crippen molar-refractivity contribution in [3.8, 4) is 0 Å². The van der Waals surface area contributed by atoms with Crippen molar-refractivity contribution in [3.63, 3.8) is 0 Å². The monoisotopic (exact) mass is 362 g/mol. The van der Waals surface area contributed by atoms with Crippen LogP contribution < -0.4 is 11.1 Å². The molecule has 0 unspecified atom stereocenters. The van der Waals surface area contributed by atoms with E-state index < -0.39 is 0 Å². The number of aromatic nitrogens is 1. The van der Waals surface area contributed by atoms with Gasteiger partial charge in [-0.1, -0.05) is 12.1 Å². The van der Waals surface area contributed by atoms with Gasteiger partial charge in [-0.15, -0.1) is 0 Å². The van der Waals surface area contributed by atoms with Crippen molar-refractivity contribution in [1.82, 2.24) is 4.98 Å². The SMILES string of the molecule is N=CC=C(N)c1ccncc1/C=C/Nc1ccc(CCC(=N)OC=N)cc1. The largest absolute Gasteiger partial charge is 0.433 e. The first-order chi connectivity index (χ1) is 13.1. The molecule has 1 aromatic carbocycles. The van der Waals surface area contributed by atoms with Gasteiger partial charge in [0, 0.05) is 53.7 Å². The average molecular weight is 362 g/mol. The highest BCUT2D eigenvalue weighted by atomic mass is 16.5. The molecule has 2 aromatic rings. The van der Waals surface area contributed by atoms with Gasteiger partial charge in [0.05, 0.1) is 0 Å². The fourth-order valence-corrected chi connectivity index (χ4v) is 2.37. The lowest BCUT2D eigenvalue weighted by molar-refractivity contribution is 0.537. The Morgan fingerprint density at radius 2 is 1.96 bits per heavy atom. The number of benzene rings is 1. The molecule has 0 fully saturated rings. The third-order valence-corrected chi connectivity index (χ3v) is 3.73. The molecule has 1 heterocycles. The van der Waals surface area contributed by atoms with Crippen molar-refractivity contribution in [2.45, 2.75) is 12.8 Å². The van der Waals surface area contributed by atoms with Crippen LogP contribution in [0.15, 0.2) is 55.0 Å². The quantitative estimate of drug-likeness (QED) is 0.344. The summed E-state index contributed by atoms with van der Waals surface area (Å²) >= 11 is 0. The third-order valence-electron chi connectivity index (χ3n) is 3.73. The predicted octanol–water partition coefficient (Wildman–Crippen LogP) is 3.65. The highest BCUT2D eigenvalue weighted by molar-refractivity contribution is 5.84. The Kier molecular flexibility index (Phi) is 7.47. The van der Waals surface area contributed by atoms with Crippen molar-refractivity contribution in [2.24, 2.45) is 5.73 Å². The van der Waals surface area contributed by atoms with Gasteiger partial charge in [0.25, 0.3) is 0 Å².